The molecule has 0 saturated carbocycles. The summed E-state index contributed by atoms with van der Waals surface area (Å²) in [6.45, 7) is -0.346. The van der Waals surface area contributed by atoms with Crippen molar-refractivity contribution in [1.29, 1.82) is 0 Å². The zero-order valence-electron chi connectivity index (χ0n) is 8.03. The van der Waals surface area contributed by atoms with Crippen LogP contribution < -0.4 is 0 Å². The molecule has 0 amide bonds. The van der Waals surface area contributed by atoms with Gasteiger partial charge in [0, 0.05) is 6.07 Å². The summed E-state index contributed by atoms with van der Waals surface area (Å²) in [5.41, 5.74) is 0.501. The first-order chi connectivity index (χ1) is 7.59. The summed E-state index contributed by atoms with van der Waals surface area (Å²) in [6, 6.07) is 4.43. The van der Waals surface area contributed by atoms with E-state index in [4.69, 9.17) is 5.11 Å². The van der Waals surface area contributed by atoms with Crippen molar-refractivity contribution < 1.29 is 14.8 Å². The molecule has 7 nitrogen and oxygen atoms in total. The number of nitrogens with zero attached hydrogens (tertiary/aromatic N) is 3. The van der Waals surface area contributed by atoms with Gasteiger partial charge in [0.25, 0.3) is 5.69 Å². The van der Waals surface area contributed by atoms with Crippen LogP contribution in [0.25, 0.3) is 11.0 Å². The van der Waals surface area contributed by atoms with Gasteiger partial charge in [0.05, 0.1) is 16.8 Å². The molecule has 7 heteroatoms. The summed E-state index contributed by atoms with van der Waals surface area (Å²) in [5.74, 6) is -1.07. The molecule has 1 heterocycles. The van der Waals surface area contributed by atoms with Crippen LogP contribution in [0.4, 0.5) is 5.69 Å². The maximum Gasteiger partial charge on any atom is 0.323 e. The molecule has 0 fully saturated rings. The molecule has 0 radical (unpaired) electrons. The molecular formula is C9H7N3O4. The second-order valence-electron chi connectivity index (χ2n) is 3.17. The lowest BCUT2D eigenvalue weighted by molar-refractivity contribution is -0.383. The molecule has 0 aliphatic heterocycles. The average Bonchev–Trinajstić information content (AvgIpc) is 2.60. The molecule has 0 atom stereocenters. The summed E-state index contributed by atoms with van der Waals surface area (Å²) in [7, 11) is 0. The van der Waals surface area contributed by atoms with Crippen LogP contribution in [-0.4, -0.2) is 25.6 Å². The van der Waals surface area contributed by atoms with Gasteiger partial charge in [-0.25, -0.2) is 4.98 Å². The number of fused-ring (bicyclic) bond motifs is 1. The Hall–Kier alpha value is -2.44. The quantitative estimate of drug-likeness (QED) is 0.616. The van der Waals surface area contributed by atoms with E-state index in [-0.39, 0.29) is 17.7 Å². The molecule has 0 bridgehead atoms. The molecule has 1 aromatic heterocycles. The molecule has 0 saturated heterocycles. The Balaban J connectivity index is 2.67. The Bertz CT molecular complexity index is 575. The number of hydrogen-bond acceptors (Lipinski definition) is 4. The summed E-state index contributed by atoms with van der Waals surface area (Å²) < 4.78 is 1.25. The number of carbonyl (C=O) groups is 1. The first-order valence-corrected chi connectivity index (χ1v) is 4.39. The molecule has 0 aliphatic carbocycles. The number of benzene rings is 1. The van der Waals surface area contributed by atoms with Crippen LogP contribution in [0.2, 0.25) is 0 Å². The summed E-state index contributed by atoms with van der Waals surface area (Å²) in [5, 5.41) is 19.4. The molecule has 2 aromatic rings. The Labute approximate surface area is 89.1 Å². The van der Waals surface area contributed by atoms with Gasteiger partial charge in [0.2, 0.25) is 0 Å². The van der Waals surface area contributed by atoms with Gasteiger partial charge in [-0.2, -0.15) is 0 Å². The number of aromatic nitrogens is 2. The van der Waals surface area contributed by atoms with Gasteiger partial charge in [-0.15, -0.1) is 0 Å². The fraction of sp³-hybridized carbons (Fsp3) is 0.111. The minimum atomic E-state index is -1.07. The fourth-order valence-electron chi connectivity index (χ4n) is 1.52. The van der Waals surface area contributed by atoms with E-state index < -0.39 is 10.9 Å². The van der Waals surface area contributed by atoms with E-state index in [1.165, 1.54) is 23.0 Å². The second kappa shape index (κ2) is 3.61. The molecule has 1 aromatic carbocycles. The predicted octanol–water partition coefficient (Wildman–Crippen LogP) is 1.03. The normalized spacial score (nSPS) is 10.5. The summed E-state index contributed by atoms with van der Waals surface area (Å²) >= 11 is 0. The smallest absolute Gasteiger partial charge is 0.323 e. The number of non-ortho nitro benzene ring substituents is 1. The Morgan fingerprint density at radius 1 is 1.56 bits per heavy atom. The maximum absolute atomic E-state index is 10.8. The van der Waals surface area contributed by atoms with Gasteiger partial charge in [0.1, 0.15) is 12.1 Å². The van der Waals surface area contributed by atoms with E-state index in [2.05, 4.69) is 4.98 Å². The molecule has 16 heavy (non-hydrogen) atoms. The van der Waals surface area contributed by atoms with Crippen molar-refractivity contribution in [3.8, 4) is 0 Å². The average molecular weight is 221 g/mol. The number of aliphatic carboxylic acids is 1. The van der Waals surface area contributed by atoms with E-state index in [9.17, 15) is 14.9 Å². The van der Waals surface area contributed by atoms with Crippen molar-refractivity contribution in [3.05, 3.63) is 34.6 Å². The number of carboxylic acids is 1. The molecule has 0 spiro atoms. The van der Waals surface area contributed by atoms with Crippen molar-refractivity contribution in [2.24, 2.45) is 0 Å². The number of rotatable bonds is 3. The second-order valence-corrected chi connectivity index (χ2v) is 3.17. The third-order valence-electron chi connectivity index (χ3n) is 2.12. The standard InChI is InChI=1S/C9H7N3O4/c13-8(14)4-11-5-10-6-2-1-3-7(9(6)11)12(15)16/h1-3,5H,4H2,(H,13,14). The van der Waals surface area contributed by atoms with Crippen molar-refractivity contribution in [2.75, 3.05) is 0 Å². The van der Waals surface area contributed by atoms with Crippen LogP contribution in [0.5, 0.6) is 0 Å². The van der Waals surface area contributed by atoms with Gasteiger partial charge in [-0.1, -0.05) is 6.07 Å². The molecule has 0 unspecified atom stereocenters. The lowest BCUT2D eigenvalue weighted by Gasteiger charge is -2.00. The van der Waals surface area contributed by atoms with Gasteiger partial charge < -0.3 is 9.67 Å². The zero-order valence-corrected chi connectivity index (χ0v) is 8.03. The van der Waals surface area contributed by atoms with E-state index in [1.807, 2.05) is 0 Å². The van der Waals surface area contributed by atoms with E-state index in [1.54, 1.807) is 6.07 Å². The Morgan fingerprint density at radius 3 is 2.94 bits per heavy atom. The third kappa shape index (κ3) is 1.58. The fourth-order valence-corrected chi connectivity index (χ4v) is 1.52. The van der Waals surface area contributed by atoms with Gasteiger partial charge in [-0.3, -0.25) is 14.9 Å². The summed E-state index contributed by atoms with van der Waals surface area (Å²) in [4.78, 5) is 24.7. The van der Waals surface area contributed by atoms with Crippen molar-refractivity contribution in [1.82, 2.24) is 9.55 Å². The van der Waals surface area contributed by atoms with Gasteiger partial charge in [-0.05, 0) is 6.07 Å². The molecule has 2 rings (SSSR count). The molecule has 0 aliphatic rings. The number of imidazole rings is 1. The number of para-hydroxylation sites is 1. The van der Waals surface area contributed by atoms with Crippen LogP contribution in [0.1, 0.15) is 0 Å². The van der Waals surface area contributed by atoms with Gasteiger partial charge >= 0.3 is 5.97 Å². The Kier molecular flexibility index (Phi) is 2.28. The first kappa shape index (κ1) is 10.1. The summed E-state index contributed by atoms with van der Waals surface area (Å²) in [6.07, 6.45) is 1.28. The lowest BCUT2D eigenvalue weighted by atomic mass is 10.2. The van der Waals surface area contributed by atoms with Crippen LogP contribution >= 0.6 is 0 Å². The van der Waals surface area contributed by atoms with Crippen molar-refractivity contribution in [2.45, 2.75) is 6.54 Å². The maximum atomic E-state index is 10.8. The van der Waals surface area contributed by atoms with Crippen molar-refractivity contribution in [3.63, 3.8) is 0 Å². The minimum absolute atomic E-state index is 0.142. The minimum Gasteiger partial charge on any atom is -0.480 e. The zero-order chi connectivity index (χ0) is 11.7. The highest BCUT2D eigenvalue weighted by molar-refractivity contribution is 5.86. The van der Waals surface area contributed by atoms with Crippen LogP contribution in [0.3, 0.4) is 0 Å². The van der Waals surface area contributed by atoms with E-state index >= 15 is 0 Å². The highest BCUT2D eigenvalue weighted by atomic mass is 16.6. The topological polar surface area (TPSA) is 98.3 Å². The SMILES string of the molecule is O=C(O)Cn1cnc2cccc([N+](=O)[O-])c21. The number of nitro benzene ring substituents is 1. The number of hydrogen-bond donors (Lipinski definition) is 1. The largest absolute Gasteiger partial charge is 0.480 e. The number of carboxylic acid groups (broad SMARTS) is 1. The van der Waals surface area contributed by atoms with Crippen molar-refractivity contribution >= 4 is 22.7 Å². The predicted molar refractivity (Wildman–Crippen MR) is 54.0 cm³/mol. The lowest BCUT2D eigenvalue weighted by Crippen LogP contribution is -2.08. The third-order valence-corrected chi connectivity index (χ3v) is 2.12. The number of nitro groups is 1. The Morgan fingerprint density at radius 2 is 2.31 bits per heavy atom. The highest BCUT2D eigenvalue weighted by Crippen LogP contribution is 2.24. The molecule has 1 N–H and O–H groups in total. The first-order valence-electron chi connectivity index (χ1n) is 4.39. The van der Waals surface area contributed by atoms with E-state index in [0.29, 0.717) is 5.52 Å². The van der Waals surface area contributed by atoms with Gasteiger partial charge in [0.15, 0.2) is 0 Å². The highest BCUT2D eigenvalue weighted by Gasteiger charge is 2.17. The molecule has 82 valence electrons. The van der Waals surface area contributed by atoms with Crippen LogP contribution in [-0.2, 0) is 11.3 Å². The van der Waals surface area contributed by atoms with Crippen LogP contribution in [0, 0.1) is 10.1 Å². The monoisotopic (exact) mass is 221 g/mol. The molecular weight excluding hydrogens is 214 g/mol. The van der Waals surface area contributed by atoms with Crippen LogP contribution in [0.15, 0.2) is 24.5 Å². The van der Waals surface area contributed by atoms with E-state index in [0.717, 1.165) is 0 Å².